The lowest BCUT2D eigenvalue weighted by Crippen LogP contribution is -2.35. The molecule has 14 heavy (non-hydrogen) atoms. The molecule has 4 nitrogen and oxygen atoms in total. The average molecular weight is 200 g/mol. The van der Waals surface area contributed by atoms with Crippen LogP contribution in [0.15, 0.2) is 0 Å². The van der Waals surface area contributed by atoms with Crippen molar-refractivity contribution in [3.05, 3.63) is 0 Å². The molecule has 4 heteroatoms. The van der Waals surface area contributed by atoms with E-state index >= 15 is 0 Å². The second-order valence-electron chi connectivity index (χ2n) is 3.89. The lowest BCUT2D eigenvalue weighted by Gasteiger charge is -2.32. The Morgan fingerprint density at radius 2 is 2.00 bits per heavy atom. The molecule has 0 bridgehead atoms. The monoisotopic (exact) mass is 200 g/mol. The standard InChI is InChI=1S/C10H16O4/c1-10(5-3-2-4-6-10)14-9(12)7-13-8-11/h8H,2-7H2,1H3. The van der Waals surface area contributed by atoms with Crippen LogP contribution in [0.1, 0.15) is 39.0 Å². The van der Waals surface area contributed by atoms with Crippen LogP contribution in [-0.4, -0.2) is 24.6 Å². The summed E-state index contributed by atoms with van der Waals surface area (Å²) in [6, 6.07) is 0. The minimum absolute atomic E-state index is 0.254. The summed E-state index contributed by atoms with van der Waals surface area (Å²) in [6.07, 6.45) is 5.20. The summed E-state index contributed by atoms with van der Waals surface area (Å²) < 4.78 is 9.58. The second kappa shape index (κ2) is 4.98. The van der Waals surface area contributed by atoms with Gasteiger partial charge in [-0.3, -0.25) is 4.79 Å². The van der Waals surface area contributed by atoms with Crippen molar-refractivity contribution in [2.45, 2.75) is 44.6 Å². The van der Waals surface area contributed by atoms with Crippen LogP contribution in [0.2, 0.25) is 0 Å². The molecule has 1 fully saturated rings. The molecule has 0 N–H and O–H groups in total. The Labute approximate surface area is 83.6 Å². The van der Waals surface area contributed by atoms with Crippen molar-refractivity contribution in [2.75, 3.05) is 6.61 Å². The first-order valence-electron chi connectivity index (χ1n) is 4.93. The fraction of sp³-hybridized carbons (Fsp3) is 0.800. The number of ether oxygens (including phenoxy) is 2. The van der Waals surface area contributed by atoms with Crippen LogP contribution in [0.3, 0.4) is 0 Å². The summed E-state index contributed by atoms with van der Waals surface area (Å²) in [4.78, 5) is 21.0. The van der Waals surface area contributed by atoms with Gasteiger partial charge in [-0.15, -0.1) is 0 Å². The van der Waals surface area contributed by atoms with Gasteiger partial charge in [-0.1, -0.05) is 6.42 Å². The van der Waals surface area contributed by atoms with Crippen LogP contribution < -0.4 is 0 Å². The molecular formula is C10H16O4. The van der Waals surface area contributed by atoms with Gasteiger partial charge >= 0.3 is 5.97 Å². The van der Waals surface area contributed by atoms with Crippen molar-refractivity contribution in [2.24, 2.45) is 0 Å². The summed E-state index contributed by atoms with van der Waals surface area (Å²) in [6.45, 7) is 1.91. The zero-order chi connectivity index (χ0) is 10.4. The SMILES string of the molecule is CC1(OC(=O)COC=O)CCCCC1. The number of esters is 1. The molecule has 0 amide bonds. The third kappa shape index (κ3) is 3.36. The maximum absolute atomic E-state index is 11.2. The lowest BCUT2D eigenvalue weighted by atomic mass is 9.86. The smallest absolute Gasteiger partial charge is 0.344 e. The zero-order valence-electron chi connectivity index (χ0n) is 8.45. The normalized spacial score (nSPS) is 19.8. The Hall–Kier alpha value is -1.06. The number of hydrogen-bond acceptors (Lipinski definition) is 4. The van der Waals surface area contributed by atoms with Gasteiger partial charge in [0.15, 0.2) is 6.61 Å². The first-order chi connectivity index (χ1) is 6.66. The van der Waals surface area contributed by atoms with Gasteiger partial charge in [0.2, 0.25) is 0 Å². The summed E-state index contributed by atoms with van der Waals surface area (Å²) in [7, 11) is 0. The molecule has 0 aromatic carbocycles. The third-order valence-electron chi connectivity index (χ3n) is 2.54. The first-order valence-corrected chi connectivity index (χ1v) is 4.93. The zero-order valence-corrected chi connectivity index (χ0v) is 8.45. The van der Waals surface area contributed by atoms with Crippen molar-refractivity contribution >= 4 is 12.4 Å². The van der Waals surface area contributed by atoms with Gasteiger partial charge < -0.3 is 9.47 Å². The van der Waals surface area contributed by atoms with Crippen LogP contribution >= 0.6 is 0 Å². The summed E-state index contributed by atoms with van der Waals surface area (Å²) in [5.41, 5.74) is -0.346. The van der Waals surface area contributed by atoms with Crippen molar-refractivity contribution in [3.8, 4) is 0 Å². The van der Waals surface area contributed by atoms with E-state index in [0.29, 0.717) is 0 Å². The molecule has 0 unspecified atom stereocenters. The molecule has 80 valence electrons. The maximum atomic E-state index is 11.2. The van der Waals surface area contributed by atoms with Crippen molar-refractivity contribution in [1.82, 2.24) is 0 Å². The molecule has 0 saturated heterocycles. The molecule has 1 aliphatic carbocycles. The molecule has 0 spiro atoms. The van der Waals surface area contributed by atoms with E-state index in [4.69, 9.17) is 4.74 Å². The highest BCUT2D eigenvalue weighted by Gasteiger charge is 2.30. The summed E-state index contributed by atoms with van der Waals surface area (Å²) >= 11 is 0. The number of carbonyl (C=O) groups excluding carboxylic acids is 2. The van der Waals surface area contributed by atoms with E-state index in [-0.39, 0.29) is 18.7 Å². The maximum Gasteiger partial charge on any atom is 0.344 e. The van der Waals surface area contributed by atoms with Gasteiger partial charge in [0, 0.05) is 0 Å². The Balaban J connectivity index is 2.33. The molecule has 1 saturated carbocycles. The van der Waals surface area contributed by atoms with E-state index in [1.807, 2.05) is 6.92 Å². The van der Waals surface area contributed by atoms with Gasteiger partial charge in [0.1, 0.15) is 5.60 Å². The molecule has 0 atom stereocenters. The number of carbonyl (C=O) groups is 2. The second-order valence-corrected chi connectivity index (χ2v) is 3.89. The predicted molar refractivity (Wildman–Crippen MR) is 49.6 cm³/mol. The highest BCUT2D eigenvalue weighted by atomic mass is 16.6. The van der Waals surface area contributed by atoms with Crippen molar-refractivity contribution < 1.29 is 19.1 Å². The van der Waals surface area contributed by atoms with E-state index in [0.717, 1.165) is 25.7 Å². The molecule has 0 aromatic rings. The van der Waals surface area contributed by atoms with Crippen molar-refractivity contribution in [1.29, 1.82) is 0 Å². The number of rotatable bonds is 4. The van der Waals surface area contributed by atoms with Crippen molar-refractivity contribution in [3.63, 3.8) is 0 Å². The lowest BCUT2D eigenvalue weighted by molar-refractivity contribution is -0.168. The Kier molecular flexibility index (Phi) is 3.92. The van der Waals surface area contributed by atoms with E-state index in [9.17, 15) is 9.59 Å². The Morgan fingerprint density at radius 1 is 1.36 bits per heavy atom. The van der Waals surface area contributed by atoms with E-state index in [1.165, 1.54) is 6.42 Å². The van der Waals surface area contributed by atoms with Crippen LogP contribution in [0.5, 0.6) is 0 Å². The minimum Gasteiger partial charge on any atom is -0.457 e. The van der Waals surface area contributed by atoms with Crippen LogP contribution in [0, 0.1) is 0 Å². The quantitative estimate of drug-likeness (QED) is 0.508. The fourth-order valence-corrected chi connectivity index (χ4v) is 1.81. The van der Waals surface area contributed by atoms with Gasteiger partial charge in [-0.05, 0) is 32.6 Å². The largest absolute Gasteiger partial charge is 0.457 e. The molecule has 0 heterocycles. The van der Waals surface area contributed by atoms with Gasteiger partial charge in [0.05, 0.1) is 0 Å². The Bertz CT molecular complexity index is 206. The summed E-state index contributed by atoms with van der Waals surface area (Å²) in [5, 5.41) is 0. The first kappa shape index (κ1) is 11.0. The summed E-state index contributed by atoms with van der Waals surface area (Å²) in [5.74, 6) is -0.457. The average Bonchev–Trinajstić information content (AvgIpc) is 2.15. The van der Waals surface area contributed by atoms with E-state index in [1.54, 1.807) is 0 Å². The predicted octanol–water partition coefficient (Wildman–Crippen LogP) is 1.43. The van der Waals surface area contributed by atoms with Crippen LogP contribution in [-0.2, 0) is 19.1 Å². The van der Waals surface area contributed by atoms with Crippen LogP contribution in [0.4, 0.5) is 0 Å². The molecular weight excluding hydrogens is 184 g/mol. The molecule has 0 aliphatic heterocycles. The molecule has 1 aliphatic rings. The van der Waals surface area contributed by atoms with Gasteiger partial charge in [0.25, 0.3) is 6.47 Å². The topological polar surface area (TPSA) is 52.6 Å². The fourth-order valence-electron chi connectivity index (χ4n) is 1.81. The van der Waals surface area contributed by atoms with Crippen LogP contribution in [0.25, 0.3) is 0 Å². The molecule has 0 aromatic heterocycles. The Morgan fingerprint density at radius 3 is 2.57 bits per heavy atom. The highest BCUT2D eigenvalue weighted by molar-refractivity contribution is 5.72. The highest BCUT2D eigenvalue weighted by Crippen LogP contribution is 2.30. The molecule has 1 rings (SSSR count). The van der Waals surface area contributed by atoms with E-state index < -0.39 is 5.97 Å². The van der Waals surface area contributed by atoms with Gasteiger partial charge in [-0.25, -0.2) is 4.79 Å². The minimum atomic E-state index is -0.457. The molecule has 0 radical (unpaired) electrons. The third-order valence-corrected chi connectivity index (χ3v) is 2.54. The van der Waals surface area contributed by atoms with E-state index in [2.05, 4.69) is 4.74 Å². The van der Waals surface area contributed by atoms with Gasteiger partial charge in [-0.2, -0.15) is 0 Å². The number of hydrogen-bond donors (Lipinski definition) is 0.